The topological polar surface area (TPSA) is 29.1 Å². The number of alkyl halides is 3. The Morgan fingerprint density at radius 1 is 1.15 bits per heavy atom. The van der Waals surface area contributed by atoms with E-state index in [1.165, 1.54) is 0 Å². The third kappa shape index (κ3) is 3.65. The molecule has 0 spiro atoms. The van der Waals surface area contributed by atoms with E-state index in [0.717, 1.165) is 11.1 Å². The number of hydrogen-bond donors (Lipinski definition) is 1. The number of ketones is 1. The Morgan fingerprint density at radius 2 is 1.81 bits per heavy atom. The summed E-state index contributed by atoms with van der Waals surface area (Å²) in [7, 11) is 0. The fourth-order valence-electron chi connectivity index (χ4n) is 4.28. The average Bonchev–Trinajstić information content (AvgIpc) is 2.59. The number of nitrogens with one attached hydrogen (secondary N) is 1. The van der Waals surface area contributed by atoms with Crippen LogP contribution in [0.25, 0.3) is 5.70 Å². The molecule has 1 fully saturated rings. The van der Waals surface area contributed by atoms with Crippen LogP contribution in [0.4, 0.5) is 13.2 Å². The molecule has 148 valence electrons. The van der Waals surface area contributed by atoms with Crippen molar-refractivity contribution in [2.45, 2.75) is 70.5 Å². The van der Waals surface area contributed by atoms with Crippen molar-refractivity contribution in [3.8, 4) is 0 Å². The highest BCUT2D eigenvalue weighted by atomic mass is 19.4. The molecule has 2 aliphatic rings. The minimum atomic E-state index is -4.21. The molecule has 1 aromatic carbocycles. The third-order valence-corrected chi connectivity index (χ3v) is 6.73. The van der Waals surface area contributed by atoms with Gasteiger partial charge in [0.1, 0.15) is 0 Å². The lowest BCUT2D eigenvalue weighted by atomic mass is 9.65. The Kier molecular flexibility index (Phi) is 4.94. The molecule has 2 nitrogen and oxygen atoms in total. The molecule has 2 unspecified atom stereocenters. The van der Waals surface area contributed by atoms with Crippen molar-refractivity contribution in [3.05, 3.63) is 41.5 Å². The maximum absolute atomic E-state index is 13.1. The van der Waals surface area contributed by atoms with Gasteiger partial charge in [-0.1, -0.05) is 44.5 Å². The molecule has 2 atom stereocenters. The molecule has 1 N–H and O–H groups in total. The molecule has 0 bridgehead atoms. The zero-order chi connectivity index (χ0) is 20.0. The van der Waals surface area contributed by atoms with Gasteiger partial charge >= 0.3 is 6.18 Å². The van der Waals surface area contributed by atoms with Gasteiger partial charge in [0.15, 0.2) is 5.78 Å². The molecular formula is C22H28F3NO. The maximum Gasteiger partial charge on any atom is 0.391 e. The average molecular weight is 379 g/mol. The highest BCUT2D eigenvalue weighted by Crippen LogP contribution is 2.44. The highest BCUT2D eigenvalue weighted by Gasteiger charge is 2.45. The quantitative estimate of drug-likeness (QED) is 0.675. The standard InChI is InChI=1S/C22H28F3NO/c1-20(2)17-11-6-5-10-16(17)18(26-21(20,3)4)13-19(27)14-8-7-9-15(12-14)22(23,24)25/h5-6,10-11,13-15,26H,7-9,12H2,1-4H3/b18-13+. The van der Waals surface area contributed by atoms with Gasteiger partial charge in [-0.05, 0) is 38.7 Å². The first-order chi connectivity index (χ1) is 12.4. The summed E-state index contributed by atoms with van der Waals surface area (Å²) in [6, 6.07) is 7.94. The van der Waals surface area contributed by atoms with Gasteiger partial charge in [-0.15, -0.1) is 0 Å². The first-order valence-corrected chi connectivity index (χ1v) is 9.64. The number of benzene rings is 1. The molecule has 1 aromatic rings. The minimum Gasteiger partial charge on any atom is -0.379 e. The van der Waals surface area contributed by atoms with Crippen molar-refractivity contribution in [3.63, 3.8) is 0 Å². The number of allylic oxidation sites excluding steroid dienone is 1. The fourth-order valence-corrected chi connectivity index (χ4v) is 4.28. The Morgan fingerprint density at radius 3 is 2.48 bits per heavy atom. The van der Waals surface area contributed by atoms with Crippen molar-refractivity contribution in [1.82, 2.24) is 5.32 Å². The number of carbonyl (C=O) groups excluding carboxylic acids is 1. The van der Waals surface area contributed by atoms with Crippen LogP contribution in [0.5, 0.6) is 0 Å². The molecule has 1 aliphatic carbocycles. The summed E-state index contributed by atoms with van der Waals surface area (Å²) in [6.45, 7) is 8.49. The van der Waals surface area contributed by atoms with E-state index in [4.69, 9.17) is 0 Å². The molecule has 5 heteroatoms. The van der Waals surface area contributed by atoms with Crippen LogP contribution < -0.4 is 5.32 Å². The van der Waals surface area contributed by atoms with Crippen LogP contribution in [0.1, 0.15) is 64.5 Å². The van der Waals surface area contributed by atoms with Gasteiger partial charge in [0, 0.05) is 34.2 Å². The summed E-state index contributed by atoms with van der Waals surface area (Å²) < 4.78 is 39.2. The first-order valence-electron chi connectivity index (χ1n) is 9.64. The van der Waals surface area contributed by atoms with E-state index in [9.17, 15) is 18.0 Å². The lowest BCUT2D eigenvalue weighted by molar-refractivity contribution is -0.185. The van der Waals surface area contributed by atoms with E-state index < -0.39 is 18.0 Å². The zero-order valence-corrected chi connectivity index (χ0v) is 16.4. The molecule has 3 rings (SSSR count). The van der Waals surface area contributed by atoms with Crippen LogP contribution in [-0.4, -0.2) is 17.5 Å². The van der Waals surface area contributed by atoms with Crippen molar-refractivity contribution in [1.29, 1.82) is 0 Å². The van der Waals surface area contributed by atoms with Gasteiger partial charge in [-0.2, -0.15) is 13.2 Å². The molecule has 27 heavy (non-hydrogen) atoms. The van der Waals surface area contributed by atoms with E-state index >= 15 is 0 Å². The fraction of sp³-hybridized carbons (Fsp3) is 0.591. The van der Waals surface area contributed by atoms with Gasteiger partial charge in [0.2, 0.25) is 0 Å². The summed E-state index contributed by atoms with van der Waals surface area (Å²) in [6.07, 6.45) is -1.65. The van der Waals surface area contributed by atoms with E-state index in [1.807, 2.05) is 18.2 Å². The van der Waals surface area contributed by atoms with Crippen molar-refractivity contribution in [2.24, 2.45) is 11.8 Å². The molecule has 0 radical (unpaired) electrons. The lowest BCUT2D eigenvalue weighted by Crippen LogP contribution is -2.56. The zero-order valence-electron chi connectivity index (χ0n) is 16.4. The Bertz CT molecular complexity index is 761. The molecule has 1 saturated carbocycles. The highest BCUT2D eigenvalue weighted by molar-refractivity contribution is 5.98. The van der Waals surface area contributed by atoms with Gasteiger partial charge < -0.3 is 5.32 Å². The third-order valence-electron chi connectivity index (χ3n) is 6.73. The molecule has 0 aromatic heterocycles. The van der Waals surface area contributed by atoms with Crippen LogP contribution in [0, 0.1) is 11.8 Å². The van der Waals surface area contributed by atoms with Crippen LogP contribution in [0.3, 0.4) is 0 Å². The van der Waals surface area contributed by atoms with Crippen molar-refractivity contribution < 1.29 is 18.0 Å². The number of hydrogen-bond acceptors (Lipinski definition) is 2. The Balaban J connectivity index is 1.91. The van der Waals surface area contributed by atoms with Gasteiger partial charge in [0.05, 0.1) is 5.92 Å². The van der Waals surface area contributed by atoms with Gasteiger partial charge in [-0.25, -0.2) is 0 Å². The van der Waals surface area contributed by atoms with E-state index in [0.29, 0.717) is 18.5 Å². The minimum absolute atomic E-state index is 0.0946. The predicted octanol–water partition coefficient (Wildman–Crippen LogP) is 5.62. The maximum atomic E-state index is 13.1. The molecule has 0 saturated heterocycles. The van der Waals surface area contributed by atoms with Gasteiger partial charge in [0.25, 0.3) is 0 Å². The second kappa shape index (κ2) is 6.68. The monoisotopic (exact) mass is 379 g/mol. The van der Waals surface area contributed by atoms with E-state index in [2.05, 4.69) is 39.1 Å². The van der Waals surface area contributed by atoms with E-state index in [1.54, 1.807) is 6.08 Å². The summed E-state index contributed by atoms with van der Waals surface area (Å²) in [4.78, 5) is 12.8. The number of halogens is 3. The molecule has 1 heterocycles. The van der Waals surface area contributed by atoms with Gasteiger partial charge in [-0.3, -0.25) is 4.79 Å². The predicted molar refractivity (Wildman–Crippen MR) is 101 cm³/mol. The smallest absolute Gasteiger partial charge is 0.379 e. The Hall–Kier alpha value is -1.78. The van der Waals surface area contributed by atoms with Crippen LogP contribution in [-0.2, 0) is 10.2 Å². The lowest BCUT2D eigenvalue weighted by Gasteiger charge is -2.49. The normalized spacial score (nSPS) is 28.3. The van der Waals surface area contributed by atoms with Crippen LogP contribution >= 0.6 is 0 Å². The first kappa shape index (κ1) is 20.0. The van der Waals surface area contributed by atoms with Crippen LogP contribution in [0.15, 0.2) is 30.3 Å². The van der Waals surface area contributed by atoms with Crippen molar-refractivity contribution >= 4 is 11.5 Å². The molecule has 0 amide bonds. The van der Waals surface area contributed by atoms with Crippen LogP contribution in [0.2, 0.25) is 0 Å². The summed E-state index contributed by atoms with van der Waals surface area (Å²) in [5.74, 6) is -2.11. The molecular weight excluding hydrogens is 351 g/mol. The number of rotatable bonds is 2. The SMILES string of the molecule is CC1(C)N/C(=C/C(=O)C2CCCC(C(F)(F)F)C2)c2ccccc2C1(C)C. The second-order valence-corrected chi connectivity index (χ2v) is 8.98. The molecule has 1 aliphatic heterocycles. The van der Waals surface area contributed by atoms with E-state index in [-0.39, 0.29) is 29.6 Å². The summed E-state index contributed by atoms with van der Waals surface area (Å²) in [5, 5.41) is 3.47. The largest absolute Gasteiger partial charge is 0.391 e. The second-order valence-electron chi connectivity index (χ2n) is 8.98. The number of carbonyl (C=O) groups is 1. The number of fused-ring (bicyclic) bond motifs is 1. The summed E-state index contributed by atoms with van der Waals surface area (Å²) in [5.41, 5.74) is 2.36. The Labute approximate surface area is 159 Å². The summed E-state index contributed by atoms with van der Waals surface area (Å²) >= 11 is 0. The van der Waals surface area contributed by atoms with Crippen molar-refractivity contribution in [2.75, 3.05) is 0 Å².